The van der Waals surface area contributed by atoms with E-state index in [0.717, 1.165) is 35.9 Å². The van der Waals surface area contributed by atoms with Crippen molar-refractivity contribution in [3.05, 3.63) is 74.5 Å². The summed E-state index contributed by atoms with van der Waals surface area (Å²) in [6, 6.07) is 15.5. The first-order chi connectivity index (χ1) is 15.2. The molecule has 0 bridgehead atoms. The van der Waals surface area contributed by atoms with Crippen LogP contribution >= 0.6 is 23.1 Å². The fourth-order valence-electron chi connectivity index (χ4n) is 3.91. The third-order valence-electron chi connectivity index (χ3n) is 5.46. The Bertz CT molecular complexity index is 1340. The van der Waals surface area contributed by atoms with Crippen molar-refractivity contribution in [2.75, 3.05) is 0 Å². The van der Waals surface area contributed by atoms with Crippen LogP contribution in [0.5, 0.6) is 0 Å². The Morgan fingerprint density at radius 2 is 1.94 bits per heavy atom. The van der Waals surface area contributed by atoms with Crippen LogP contribution in [0.1, 0.15) is 34.5 Å². The van der Waals surface area contributed by atoms with E-state index >= 15 is 0 Å². The summed E-state index contributed by atoms with van der Waals surface area (Å²) < 4.78 is 1.78. The fourth-order valence-corrected chi connectivity index (χ4v) is 6.04. The molecule has 0 N–H and O–H groups in total. The van der Waals surface area contributed by atoms with Crippen LogP contribution in [0.4, 0.5) is 0 Å². The summed E-state index contributed by atoms with van der Waals surface area (Å²) in [7, 11) is 0. The molecule has 0 spiro atoms. The van der Waals surface area contributed by atoms with Crippen molar-refractivity contribution in [3.63, 3.8) is 0 Å². The van der Waals surface area contributed by atoms with Crippen LogP contribution in [-0.2, 0) is 25.8 Å². The molecule has 4 aromatic rings. The number of nitriles is 1. The van der Waals surface area contributed by atoms with Gasteiger partial charge in [-0.2, -0.15) is 5.26 Å². The minimum Gasteiger partial charge on any atom is -0.286 e. The Balaban J connectivity index is 1.59. The Labute approximate surface area is 187 Å². The van der Waals surface area contributed by atoms with E-state index in [9.17, 15) is 4.79 Å². The summed E-state index contributed by atoms with van der Waals surface area (Å²) in [6.07, 6.45) is 5.03. The molecule has 5 rings (SSSR count). The molecule has 0 saturated heterocycles. The van der Waals surface area contributed by atoms with E-state index in [-0.39, 0.29) is 11.3 Å². The van der Waals surface area contributed by atoms with Gasteiger partial charge in [-0.25, -0.2) is 4.98 Å². The largest absolute Gasteiger partial charge is 0.286 e. The summed E-state index contributed by atoms with van der Waals surface area (Å²) in [6.45, 7) is 0.544. The number of benzene rings is 1. The molecule has 31 heavy (non-hydrogen) atoms. The van der Waals surface area contributed by atoms with E-state index in [1.54, 1.807) is 28.0 Å². The van der Waals surface area contributed by atoms with E-state index in [1.165, 1.54) is 34.2 Å². The molecule has 3 heterocycles. The van der Waals surface area contributed by atoms with Gasteiger partial charge in [-0.3, -0.25) is 9.36 Å². The molecule has 1 aliphatic carbocycles. The highest BCUT2D eigenvalue weighted by Gasteiger charge is 2.22. The predicted molar refractivity (Wildman–Crippen MR) is 122 cm³/mol. The number of fused-ring (bicyclic) bond motifs is 3. The number of nitrogens with zero attached hydrogens (tertiary/aromatic N) is 5. The zero-order valence-electron chi connectivity index (χ0n) is 16.7. The van der Waals surface area contributed by atoms with Crippen LogP contribution in [0.25, 0.3) is 10.2 Å². The molecule has 154 valence electrons. The molecule has 0 radical (unpaired) electrons. The molecule has 0 saturated carbocycles. The minimum absolute atomic E-state index is 0.0319. The van der Waals surface area contributed by atoms with Gasteiger partial charge in [0.2, 0.25) is 0 Å². The molecule has 3 aromatic heterocycles. The minimum atomic E-state index is 0.0319. The smallest absolute Gasteiger partial charge is 0.263 e. The highest BCUT2D eigenvalue weighted by atomic mass is 32.2. The number of aryl methyl sites for hydroxylation is 3. The summed E-state index contributed by atoms with van der Waals surface area (Å²) in [5.41, 5.74) is 2.67. The van der Waals surface area contributed by atoms with Gasteiger partial charge in [0.1, 0.15) is 15.9 Å². The molecule has 0 amide bonds. The first-order valence-electron chi connectivity index (χ1n) is 10.2. The monoisotopic (exact) mass is 445 g/mol. The molecule has 1 aromatic carbocycles. The third kappa shape index (κ3) is 3.99. The highest BCUT2D eigenvalue weighted by Crippen LogP contribution is 2.35. The van der Waals surface area contributed by atoms with E-state index in [2.05, 4.69) is 22.3 Å². The second kappa shape index (κ2) is 8.61. The van der Waals surface area contributed by atoms with Gasteiger partial charge in [0.25, 0.3) is 5.56 Å². The molecular weight excluding hydrogens is 426 g/mol. The van der Waals surface area contributed by atoms with Crippen LogP contribution in [-0.4, -0.2) is 19.7 Å². The first kappa shape index (κ1) is 19.9. The zero-order valence-corrected chi connectivity index (χ0v) is 18.4. The quantitative estimate of drug-likeness (QED) is 0.424. The van der Waals surface area contributed by atoms with Gasteiger partial charge in [-0.05, 0) is 67.1 Å². The number of rotatable bonds is 5. The summed E-state index contributed by atoms with van der Waals surface area (Å²) >= 11 is 2.97. The molecular formula is C23H19N5OS2. The van der Waals surface area contributed by atoms with E-state index in [1.807, 2.05) is 24.3 Å². The second-order valence-corrected chi connectivity index (χ2v) is 9.52. The number of aromatic nitrogens is 4. The van der Waals surface area contributed by atoms with E-state index < -0.39 is 0 Å². The summed E-state index contributed by atoms with van der Waals surface area (Å²) in [5.74, 6) is 0. The second-order valence-electron chi connectivity index (χ2n) is 7.45. The van der Waals surface area contributed by atoms with Crippen LogP contribution in [0.15, 0.2) is 57.4 Å². The van der Waals surface area contributed by atoms with Gasteiger partial charge < -0.3 is 0 Å². The molecule has 1 aliphatic rings. The normalized spacial score (nSPS) is 13.1. The lowest BCUT2D eigenvalue weighted by Crippen LogP contribution is -2.24. The predicted octanol–water partition coefficient (Wildman–Crippen LogP) is 4.39. The van der Waals surface area contributed by atoms with Crippen molar-refractivity contribution in [2.45, 2.75) is 48.8 Å². The molecule has 6 nitrogen and oxygen atoms in total. The van der Waals surface area contributed by atoms with Crippen molar-refractivity contribution < 1.29 is 0 Å². The van der Waals surface area contributed by atoms with Crippen molar-refractivity contribution in [3.8, 4) is 6.07 Å². The molecule has 0 unspecified atom stereocenters. The molecule has 0 aliphatic heterocycles. The van der Waals surface area contributed by atoms with Crippen LogP contribution in [0, 0.1) is 11.3 Å². The first-order valence-corrected chi connectivity index (χ1v) is 11.9. The summed E-state index contributed by atoms with van der Waals surface area (Å²) in [4.78, 5) is 20.7. The van der Waals surface area contributed by atoms with E-state index in [4.69, 9.17) is 10.2 Å². The lowest BCUT2D eigenvalue weighted by atomic mass is 9.97. The van der Waals surface area contributed by atoms with Gasteiger partial charge in [-0.1, -0.05) is 30.3 Å². The maximum atomic E-state index is 13.6. The standard InChI is InChI=1S/C23H19N5OS2/c24-14-16-10-11-19(27-26-16)31-23-25-21-20(17-8-4-5-9-18(17)30-21)22(29)28(23)13-12-15-6-2-1-3-7-15/h1-3,6-7,10-11H,4-5,8-9,12-13H2. The van der Waals surface area contributed by atoms with Crippen molar-refractivity contribution in [2.24, 2.45) is 0 Å². The van der Waals surface area contributed by atoms with Gasteiger partial charge >= 0.3 is 0 Å². The van der Waals surface area contributed by atoms with Crippen molar-refractivity contribution in [1.29, 1.82) is 5.26 Å². The zero-order chi connectivity index (χ0) is 21.2. The Morgan fingerprint density at radius 1 is 1.10 bits per heavy atom. The van der Waals surface area contributed by atoms with Gasteiger partial charge in [-0.15, -0.1) is 21.5 Å². The Hall–Kier alpha value is -3.02. The lowest BCUT2D eigenvalue weighted by molar-refractivity contribution is 0.594. The highest BCUT2D eigenvalue weighted by molar-refractivity contribution is 7.99. The van der Waals surface area contributed by atoms with Gasteiger partial charge in [0, 0.05) is 11.4 Å². The number of thiophene rings is 1. The average molecular weight is 446 g/mol. The van der Waals surface area contributed by atoms with Crippen molar-refractivity contribution >= 4 is 33.3 Å². The molecule has 0 fully saturated rings. The van der Waals surface area contributed by atoms with Crippen molar-refractivity contribution in [1.82, 2.24) is 19.7 Å². The van der Waals surface area contributed by atoms with Gasteiger partial charge in [0.05, 0.1) is 5.39 Å². The van der Waals surface area contributed by atoms with Crippen LogP contribution < -0.4 is 5.56 Å². The average Bonchev–Trinajstić information content (AvgIpc) is 3.18. The van der Waals surface area contributed by atoms with E-state index in [0.29, 0.717) is 16.7 Å². The third-order valence-corrected chi connectivity index (χ3v) is 7.56. The Kier molecular flexibility index (Phi) is 5.53. The fraction of sp³-hybridized carbons (Fsp3) is 0.261. The SMILES string of the molecule is N#Cc1ccc(Sc2nc3sc4c(c3c(=O)n2CCc2ccccc2)CCCC4)nn1. The Morgan fingerprint density at radius 3 is 2.71 bits per heavy atom. The molecule has 0 atom stereocenters. The number of hydrogen-bond donors (Lipinski definition) is 0. The summed E-state index contributed by atoms with van der Waals surface area (Å²) in [5, 5.41) is 19.0. The van der Waals surface area contributed by atoms with Gasteiger partial charge in [0.15, 0.2) is 10.9 Å². The maximum absolute atomic E-state index is 13.6. The molecule has 8 heteroatoms. The van der Waals surface area contributed by atoms with Crippen LogP contribution in [0.3, 0.4) is 0 Å². The topological polar surface area (TPSA) is 84.5 Å². The maximum Gasteiger partial charge on any atom is 0.263 e. The van der Waals surface area contributed by atoms with Crippen LogP contribution in [0.2, 0.25) is 0 Å². The number of hydrogen-bond acceptors (Lipinski definition) is 7. The lowest BCUT2D eigenvalue weighted by Gasteiger charge is -2.13.